The van der Waals surface area contributed by atoms with Gasteiger partial charge in [-0.3, -0.25) is 0 Å². The van der Waals surface area contributed by atoms with Gasteiger partial charge in [0.1, 0.15) is 11.6 Å². The standard InChI is InChI=1S/C17H24FN3/c1-4-7-16-20-11-12-21(16)15-9-6-8-14(18)17(15)13(3)19-10-5-2/h6,8-9,11-13,19H,4-5,7,10H2,1-3H3. The van der Waals surface area contributed by atoms with Crippen LogP contribution in [0, 0.1) is 5.82 Å². The molecular weight excluding hydrogens is 265 g/mol. The molecule has 1 aromatic heterocycles. The molecule has 0 aliphatic rings. The molecule has 1 unspecified atom stereocenters. The molecule has 0 saturated heterocycles. The van der Waals surface area contributed by atoms with Crippen molar-refractivity contribution in [3.8, 4) is 5.69 Å². The molecule has 2 aromatic rings. The Morgan fingerprint density at radius 2 is 2.10 bits per heavy atom. The van der Waals surface area contributed by atoms with E-state index in [4.69, 9.17) is 0 Å². The molecule has 1 N–H and O–H groups in total. The van der Waals surface area contributed by atoms with E-state index in [-0.39, 0.29) is 11.9 Å². The normalized spacial score (nSPS) is 12.6. The summed E-state index contributed by atoms with van der Waals surface area (Å²) in [6.45, 7) is 7.11. The second kappa shape index (κ2) is 7.36. The molecule has 114 valence electrons. The van der Waals surface area contributed by atoms with Crippen LogP contribution in [0.2, 0.25) is 0 Å². The molecule has 1 heterocycles. The zero-order chi connectivity index (χ0) is 15.2. The fourth-order valence-corrected chi connectivity index (χ4v) is 2.59. The van der Waals surface area contributed by atoms with Crippen LogP contribution in [0.4, 0.5) is 4.39 Å². The predicted octanol–water partition coefficient (Wildman–Crippen LogP) is 4.02. The Morgan fingerprint density at radius 3 is 2.81 bits per heavy atom. The minimum Gasteiger partial charge on any atom is -0.310 e. The largest absolute Gasteiger partial charge is 0.310 e. The van der Waals surface area contributed by atoms with Crippen LogP contribution in [0.15, 0.2) is 30.6 Å². The molecule has 0 aliphatic carbocycles. The summed E-state index contributed by atoms with van der Waals surface area (Å²) in [7, 11) is 0. The highest BCUT2D eigenvalue weighted by Crippen LogP contribution is 2.26. The Balaban J connectivity index is 2.43. The van der Waals surface area contributed by atoms with Crippen molar-refractivity contribution in [3.05, 3.63) is 47.8 Å². The van der Waals surface area contributed by atoms with Gasteiger partial charge < -0.3 is 9.88 Å². The molecule has 0 aliphatic heterocycles. The zero-order valence-electron chi connectivity index (χ0n) is 13.1. The van der Waals surface area contributed by atoms with Crippen LogP contribution in [-0.2, 0) is 6.42 Å². The highest BCUT2D eigenvalue weighted by atomic mass is 19.1. The number of hydrogen-bond donors (Lipinski definition) is 1. The van der Waals surface area contributed by atoms with Crippen LogP contribution < -0.4 is 5.32 Å². The number of benzene rings is 1. The van der Waals surface area contributed by atoms with Crippen molar-refractivity contribution >= 4 is 0 Å². The summed E-state index contributed by atoms with van der Waals surface area (Å²) in [5.41, 5.74) is 1.59. The molecule has 0 amide bonds. The van der Waals surface area contributed by atoms with Crippen LogP contribution in [-0.4, -0.2) is 16.1 Å². The number of halogens is 1. The van der Waals surface area contributed by atoms with Crippen molar-refractivity contribution in [3.63, 3.8) is 0 Å². The SMILES string of the molecule is CCCNC(C)c1c(F)cccc1-n1ccnc1CCC. The van der Waals surface area contributed by atoms with Gasteiger partial charge >= 0.3 is 0 Å². The molecule has 4 heteroatoms. The van der Waals surface area contributed by atoms with E-state index < -0.39 is 0 Å². The molecule has 0 saturated carbocycles. The van der Waals surface area contributed by atoms with Crippen molar-refractivity contribution < 1.29 is 4.39 Å². The first-order valence-corrected chi connectivity index (χ1v) is 7.73. The van der Waals surface area contributed by atoms with Crippen molar-refractivity contribution in [1.29, 1.82) is 0 Å². The van der Waals surface area contributed by atoms with Crippen LogP contribution >= 0.6 is 0 Å². The average Bonchev–Trinajstić information content (AvgIpc) is 2.93. The van der Waals surface area contributed by atoms with Gasteiger partial charge in [0.15, 0.2) is 0 Å². The minimum absolute atomic E-state index is 0.0296. The third-order valence-electron chi connectivity index (χ3n) is 3.61. The third kappa shape index (κ3) is 3.50. The molecule has 1 aromatic carbocycles. The summed E-state index contributed by atoms with van der Waals surface area (Å²) in [5, 5.41) is 3.37. The Hall–Kier alpha value is -1.68. The molecule has 1 atom stereocenters. The summed E-state index contributed by atoms with van der Waals surface area (Å²) in [6.07, 6.45) is 6.63. The molecule has 0 radical (unpaired) electrons. The van der Waals surface area contributed by atoms with Crippen LogP contribution in [0.5, 0.6) is 0 Å². The Morgan fingerprint density at radius 1 is 1.29 bits per heavy atom. The lowest BCUT2D eigenvalue weighted by Crippen LogP contribution is -2.22. The number of imidazole rings is 1. The number of hydrogen-bond acceptors (Lipinski definition) is 2. The molecule has 0 bridgehead atoms. The van der Waals surface area contributed by atoms with Crippen LogP contribution in [0.25, 0.3) is 5.69 Å². The first kappa shape index (κ1) is 15.7. The van der Waals surface area contributed by atoms with Gasteiger partial charge in [0.2, 0.25) is 0 Å². The summed E-state index contributed by atoms with van der Waals surface area (Å²) in [5.74, 6) is 0.812. The lowest BCUT2D eigenvalue weighted by atomic mass is 10.0. The quantitative estimate of drug-likeness (QED) is 0.834. The third-order valence-corrected chi connectivity index (χ3v) is 3.61. The van der Waals surface area contributed by atoms with Gasteiger partial charge in [-0.2, -0.15) is 0 Å². The maximum absolute atomic E-state index is 14.4. The lowest BCUT2D eigenvalue weighted by molar-refractivity contribution is 0.524. The van der Waals surface area contributed by atoms with Gasteiger partial charge in [-0.25, -0.2) is 9.37 Å². The minimum atomic E-state index is -0.167. The zero-order valence-corrected chi connectivity index (χ0v) is 13.1. The van der Waals surface area contributed by atoms with Gasteiger partial charge in [-0.1, -0.05) is 19.9 Å². The Kier molecular flexibility index (Phi) is 5.51. The van der Waals surface area contributed by atoms with Crippen LogP contribution in [0.1, 0.15) is 51.0 Å². The van der Waals surface area contributed by atoms with Gasteiger partial charge in [-0.15, -0.1) is 0 Å². The highest BCUT2D eigenvalue weighted by Gasteiger charge is 2.17. The van der Waals surface area contributed by atoms with Crippen molar-refractivity contribution in [2.75, 3.05) is 6.54 Å². The summed E-state index contributed by atoms with van der Waals surface area (Å²) < 4.78 is 16.4. The molecule has 0 spiro atoms. The molecule has 21 heavy (non-hydrogen) atoms. The van der Waals surface area contributed by atoms with Crippen molar-refractivity contribution in [1.82, 2.24) is 14.9 Å². The Labute approximate surface area is 126 Å². The van der Waals surface area contributed by atoms with E-state index in [1.165, 1.54) is 6.07 Å². The predicted molar refractivity (Wildman–Crippen MR) is 84.2 cm³/mol. The van der Waals surface area contributed by atoms with E-state index in [1.807, 2.05) is 23.8 Å². The Bertz CT molecular complexity index is 577. The van der Waals surface area contributed by atoms with Gasteiger partial charge in [-0.05, 0) is 38.4 Å². The fourth-order valence-electron chi connectivity index (χ4n) is 2.59. The van der Waals surface area contributed by atoms with E-state index in [1.54, 1.807) is 12.3 Å². The van der Waals surface area contributed by atoms with Gasteiger partial charge in [0.25, 0.3) is 0 Å². The number of aryl methyl sites for hydroxylation is 1. The summed E-state index contributed by atoms with van der Waals surface area (Å²) in [6, 6.07) is 5.22. The average molecular weight is 289 g/mol. The lowest BCUT2D eigenvalue weighted by Gasteiger charge is -2.20. The smallest absolute Gasteiger partial charge is 0.130 e. The second-order valence-corrected chi connectivity index (χ2v) is 5.31. The molecular formula is C17H24FN3. The molecule has 3 nitrogen and oxygen atoms in total. The number of nitrogens with zero attached hydrogens (tertiary/aromatic N) is 2. The number of aromatic nitrogens is 2. The van der Waals surface area contributed by atoms with E-state index in [9.17, 15) is 4.39 Å². The molecule has 2 rings (SSSR count). The van der Waals surface area contributed by atoms with Crippen molar-refractivity contribution in [2.24, 2.45) is 0 Å². The monoisotopic (exact) mass is 289 g/mol. The van der Waals surface area contributed by atoms with Gasteiger partial charge in [0.05, 0.1) is 5.69 Å². The number of rotatable bonds is 7. The number of nitrogens with one attached hydrogen (secondary N) is 1. The van der Waals surface area contributed by atoms with E-state index in [2.05, 4.69) is 24.1 Å². The van der Waals surface area contributed by atoms with Crippen molar-refractivity contribution in [2.45, 2.75) is 46.1 Å². The maximum atomic E-state index is 14.4. The fraction of sp³-hybridized carbons (Fsp3) is 0.471. The first-order chi connectivity index (χ1) is 10.2. The first-order valence-electron chi connectivity index (χ1n) is 7.73. The highest BCUT2D eigenvalue weighted by molar-refractivity contribution is 5.44. The van der Waals surface area contributed by atoms with Gasteiger partial charge in [0, 0.05) is 30.4 Å². The summed E-state index contributed by atoms with van der Waals surface area (Å²) >= 11 is 0. The summed E-state index contributed by atoms with van der Waals surface area (Å²) in [4.78, 5) is 4.39. The maximum Gasteiger partial charge on any atom is 0.130 e. The van der Waals surface area contributed by atoms with E-state index >= 15 is 0 Å². The van der Waals surface area contributed by atoms with E-state index in [0.717, 1.165) is 37.3 Å². The van der Waals surface area contributed by atoms with Crippen LogP contribution in [0.3, 0.4) is 0 Å². The molecule has 0 fully saturated rings. The topological polar surface area (TPSA) is 29.9 Å². The van der Waals surface area contributed by atoms with E-state index in [0.29, 0.717) is 5.56 Å². The second-order valence-electron chi connectivity index (χ2n) is 5.31.